The number of halogens is 4. The molecule has 0 aliphatic carbocycles. The predicted molar refractivity (Wildman–Crippen MR) is 97.5 cm³/mol. The van der Waals surface area contributed by atoms with Gasteiger partial charge in [0.2, 0.25) is 5.95 Å². The normalized spacial score (nSPS) is 13.6. The Labute approximate surface area is 162 Å². The van der Waals surface area contributed by atoms with E-state index in [1.54, 1.807) is 0 Å². The molecule has 2 aromatic heterocycles. The zero-order valence-electron chi connectivity index (χ0n) is 13.8. The van der Waals surface area contributed by atoms with Crippen LogP contribution in [0.1, 0.15) is 12.0 Å². The van der Waals surface area contributed by atoms with Gasteiger partial charge >= 0.3 is 0 Å². The molecule has 0 radical (unpaired) electrons. The number of pyridine rings is 1. The highest BCUT2D eigenvalue weighted by Crippen LogP contribution is 2.32. The fraction of sp³-hybridized carbons (Fsp3) is 0.250. The first-order chi connectivity index (χ1) is 13.0. The van der Waals surface area contributed by atoms with Crippen LogP contribution in [-0.4, -0.2) is 38.3 Å². The number of hydrogen-bond donors (Lipinski definition) is 1. The minimum absolute atomic E-state index is 0.0132. The first-order valence-electron chi connectivity index (χ1n) is 8.10. The second kappa shape index (κ2) is 7.24. The van der Waals surface area contributed by atoms with E-state index in [4.69, 9.17) is 23.2 Å². The molecule has 0 saturated carbocycles. The van der Waals surface area contributed by atoms with Crippen LogP contribution in [0.2, 0.25) is 10.0 Å². The van der Waals surface area contributed by atoms with Crippen molar-refractivity contribution < 1.29 is 8.78 Å². The lowest BCUT2D eigenvalue weighted by molar-refractivity contribution is 0.592. The zero-order valence-corrected chi connectivity index (χ0v) is 15.3. The number of anilines is 2. The average molecular weight is 412 g/mol. The van der Waals surface area contributed by atoms with Crippen LogP contribution in [0.4, 0.5) is 20.5 Å². The highest BCUT2D eigenvalue weighted by molar-refractivity contribution is 6.43. The SMILES string of the molecule is Fc1cnc(N2CCC2)c(CNc2nnnn2-c2ccc(F)c(Cl)c2Cl)c1. The molecule has 0 atom stereocenters. The Hall–Kier alpha value is -2.52. The van der Waals surface area contributed by atoms with Crippen molar-refractivity contribution >= 4 is 35.0 Å². The van der Waals surface area contributed by atoms with Gasteiger partial charge in [0.25, 0.3) is 0 Å². The van der Waals surface area contributed by atoms with Crippen LogP contribution < -0.4 is 10.2 Å². The average Bonchev–Trinajstić information content (AvgIpc) is 3.06. The first kappa shape index (κ1) is 17.9. The third-order valence-electron chi connectivity index (χ3n) is 4.21. The monoisotopic (exact) mass is 411 g/mol. The van der Waals surface area contributed by atoms with Gasteiger partial charge in [0.05, 0.1) is 21.9 Å². The van der Waals surface area contributed by atoms with Crippen molar-refractivity contribution in [3.05, 3.63) is 51.6 Å². The molecule has 0 unspecified atom stereocenters. The predicted octanol–water partition coefficient (Wildman–Crippen LogP) is 3.46. The highest BCUT2D eigenvalue weighted by atomic mass is 35.5. The maximum Gasteiger partial charge on any atom is 0.248 e. The third kappa shape index (κ3) is 3.40. The second-order valence-electron chi connectivity index (χ2n) is 5.94. The van der Waals surface area contributed by atoms with E-state index in [-0.39, 0.29) is 22.5 Å². The van der Waals surface area contributed by atoms with E-state index in [0.29, 0.717) is 11.3 Å². The van der Waals surface area contributed by atoms with Crippen LogP contribution in [0.25, 0.3) is 5.69 Å². The fourth-order valence-electron chi connectivity index (χ4n) is 2.73. The molecule has 4 rings (SSSR count). The van der Waals surface area contributed by atoms with E-state index >= 15 is 0 Å². The van der Waals surface area contributed by atoms with Gasteiger partial charge in [-0.15, -0.1) is 0 Å². The van der Waals surface area contributed by atoms with Crippen LogP contribution in [-0.2, 0) is 6.54 Å². The molecular formula is C16H13Cl2F2N7. The summed E-state index contributed by atoms with van der Waals surface area (Å²) >= 11 is 12.0. The van der Waals surface area contributed by atoms with Gasteiger partial charge in [-0.2, -0.15) is 4.68 Å². The molecule has 7 nitrogen and oxygen atoms in total. The van der Waals surface area contributed by atoms with Crippen LogP contribution in [0.15, 0.2) is 24.4 Å². The quantitative estimate of drug-likeness (QED) is 0.648. The Kier molecular flexibility index (Phi) is 4.79. The molecule has 0 amide bonds. The lowest BCUT2D eigenvalue weighted by atomic mass is 10.1. The topological polar surface area (TPSA) is 71.8 Å². The highest BCUT2D eigenvalue weighted by Gasteiger charge is 2.21. The molecule has 1 fully saturated rings. The number of benzene rings is 1. The van der Waals surface area contributed by atoms with Crippen molar-refractivity contribution in [2.24, 2.45) is 0 Å². The van der Waals surface area contributed by atoms with E-state index in [0.717, 1.165) is 25.3 Å². The van der Waals surface area contributed by atoms with Crippen LogP contribution in [0.5, 0.6) is 0 Å². The number of rotatable bonds is 5. The summed E-state index contributed by atoms with van der Waals surface area (Å²) in [5, 5.41) is 14.2. The molecule has 3 heterocycles. The van der Waals surface area contributed by atoms with Gasteiger partial charge in [-0.25, -0.2) is 13.8 Å². The Balaban J connectivity index is 1.60. The van der Waals surface area contributed by atoms with Crippen molar-refractivity contribution in [2.45, 2.75) is 13.0 Å². The molecule has 0 spiro atoms. The van der Waals surface area contributed by atoms with Crippen molar-refractivity contribution in [1.82, 2.24) is 25.2 Å². The van der Waals surface area contributed by atoms with Crippen LogP contribution in [0.3, 0.4) is 0 Å². The molecular weight excluding hydrogens is 399 g/mol. The Bertz CT molecular complexity index is 991. The fourth-order valence-corrected chi connectivity index (χ4v) is 3.12. The van der Waals surface area contributed by atoms with E-state index in [2.05, 4.69) is 30.7 Å². The van der Waals surface area contributed by atoms with Crippen molar-refractivity contribution in [1.29, 1.82) is 0 Å². The molecule has 1 aliphatic rings. The van der Waals surface area contributed by atoms with Gasteiger partial charge < -0.3 is 10.2 Å². The Morgan fingerprint density at radius 2 is 1.96 bits per heavy atom. The molecule has 1 N–H and O–H groups in total. The molecule has 0 bridgehead atoms. The number of hydrogen-bond acceptors (Lipinski definition) is 6. The lowest BCUT2D eigenvalue weighted by Gasteiger charge is -2.33. The minimum Gasteiger partial charge on any atom is -0.356 e. The largest absolute Gasteiger partial charge is 0.356 e. The standard InChI is InChI=1S/C16H13Cl2F2N7/c17-13-11(20)2-3-12(14(13)18)27-16(23-24-25-27)22-7-9-6-10(19)8-21-15(9)26-4-1-5-26/h2-3,6,8H,1,4-5,7H2,(H,22,23,25). The van der Waals surface area contributed by atoms with E-state index in [9.17, 15) is 8.78 Å². The van der Waals surface area contributed by atoms with Gasteiger partial charge in [-0.1, -0.05) is 28.3 Å². The van der Waals surface area contributed by atoms with Crippen molar-refractivity contribution in [3.63, 3.8) is 0 Å². The van der Waals surface area contributed by atoms with Gasteiger partial charge in [0.15, 0.2) is 0 Å². The summed E-state index contributed by atoms with van der Waals surface area (Å²) < 4.78 is 28.5. The van der Waals surface area contributed by atoms with E-state index in [1.807, 2.05) is 0 Å². The summed E-state index contributed by atoms with van der Waals surface area (Å²) in [4.78, 5) is 6.25. The molecule has 1 aromatic carbocycles. The zero-order chi connectivity index (χ0) is 19.0. The first-order valence-corrected chi connectivity index (χ1v) is 8.85. The van der Waals surface area contributed by atoms with Gasteiger partial charge in [0.1, 0.15) is 17.5 Å². The van der Waals surface area contributed by atoms with E-state index in [1.165, 1.54) is 29.1 Å². The Morgan fingerprint density at radius 1 is 1.15 bits per heavy atom. The maximum atomic E-state index is 13.7. The number of nitrogens with zero attached hydrogens (tertiary/aromatic N) is 6. The summed E-state index contributed by atoms with van der Waals surface area (Å²) in [6, 6.07) is 4.01. The number of aromatic nitrogens is 5. The minimum atomic E-state index is -0.641. The number of nitrogens with one attached hydrogen (secondary N) is 1. The smallest absolute Gasteiger partial charge is 0.248 e. The van der Waals surface area contributed by atoms with Crippen LogP contribution in [0, 0.1) is 11.6 Å². The van der Waals surface area contributed by atoms with Gasteiger partial charge in [-0.05, 0) is 35.0 Å². The van der Waals surface area contributed by atoms with E-state index < -0.39 is 11.6 Å². The summed E-state index contributed by atoms with van der Waals surface area (Å²) in [6.45, 7) is 2.00. The summed E-state index contributed by atoms with van der Waals surface area (Å²) in [5.74, 6) is -0.0996. The molecule has 3 aromatic rings. The Morgan fingerprint density at radius 3 is 2.70 bits per heavy atom. The van der Waals surface area contributed by atoms with Gasteiger partial charge in [0, 0.05) is 25.2 Å². The summed E-state index contributed by atoms with van der Waals surface area (Å²) in [7, 11) is 0. The van der Waals surface area contributed by atoms with Crippen molar-refractivity contribution in [2.75, 3.05) is 23.3 Å². The van der Waals surface area contributed by atoms with Crippen molar-refractivity contribution in [3.8, 4) is 5.69 Å². The maximum absolute atomic E-state index is 13.7. The van der Waals surface area contributed by atoms with Gasteiger partial charge in [-0.3, -0.25) is 0 Å². The molecule has 27 heavy (non-hydrogen) atoms. The summed E-state index contributed by atoms with van der Waals surface area (Å²) in [6.07, 6.45) is 2.27. The van der Waals surface area contributed by atoms with Crippen LogP contribution >= 0.6 is 23.2 Å². The molecule has 1 saturated heterocycles. The third-order valence-corrected chi connectivity index (χ3v) is 5.06. The lowest BCUT2D eigenvalue weighted by Crippen LogP contribution is -2.38. The molecule has 11 heteroatoms. The second-order valence-corrected chi connectivity index (χ2v) is 6.70. The number of tetrazole rings is 1. The molecule has 1 aliphatic heterocycles. The molecule has 140 valence electrons. The summed E-state index contributed by atoms with van der Waals surface area (Å²) in [5.41, 5.74) is 0.989.